The summed E-state index contributed by atoms with van der Waals surface area (Å²) < 4.78 is 0. The van der Waals surface area contributed by atoms with Crippen molar-refractivity contribution in [3.63, 3.8) is 0 Å². The molecule has 0 spiro atoms. The maximum Gasteiger partial charge on any atom is 0.253 e. The van der Waals surface area contributed by atoms with Crippen LogP contribution >= 0.6 is 0 Å². The molecule has 1 fully saturated rings. The Hall–Kier alpha value is -1.62. The second kappa shape index (κ2) is 6.22. The van der Waals surface area contributed by atoms with Gasteiger partial charge in [-0.2, -0.15) is 0 Å². The third kappa shape index (κ3) is 3.70. The molecule has 5 heteroatoms. The quantitative estimate of drug-likeness (QED) is 0.733. The van der Waals surface area contributed by atoms with Gasteiger partial charge in [0.25, 0.3) is 5.91 Å². The van der Waals surface area contributed by atoms with Crippen LogP contribution in [0.25, 0.3) is 0 Å². The summed E-state index contributed by atoms with van der Waals surface area (Å²) in [5, 5.41) is 13.3. The molecule has 1 aromatic heterocycles. The number of H-pyrrole nitrogens is 1. The number of aromatic nitrogens is 1. The van der Waals surface area contributed by atoms with Crippen LogP contribution < -0.4 is 10.9 Å². The van der Waals surface area contributed by atoms with Crippen LogP contribution in [-0.4, -0.2) is 28.1 Å². The second-order valence-corrected chi connectivity index (χ2v) is 5.72. The minimum atomic E-state index is -0.789. The van der Waals surface area contributed by atoms with Crippen molar-refractivity contribution in [1.29, 1.82) is 0 Å². The predicted octanol–water partition coefficient (Wildman–Crippen LogP) is 1.50. The minimum absolute atomic E-state index is 0.221. The average Bonchev–Trinajstić information content (AvgIpc) is 2.61. The van der Waals surface area contributed by atoms with Crippen molar-refractivity contribution in [2.24, 2.45) is 0 Å². The van der Waals surface area contributed by atoms with Crippen molar-refractivity contribution in [1.82, 2.24) is 10.3 Å². The van der Waals surface area contributed by atoms with E-state index in [1.54, 1.807) is 6.92 Å². The largest absolute Gasteiger partial charge is 0.388 e. The Kier molecular flexibility index (Phi) is 4.60. The second-order valence-electron chi connectivity index (χ2n) is 5.72. The monoisotopic (exact) mass is 278 g/mol. The van der Waals surface area contributed by atoms with Crippen LogP contribution in [0.5, 0.6) is 0 Å². The van der Waals surface area contributed by atoms with Gasteiger partial charge < -0.3 is 15.4 Å². The minimum Gasteiger partial charge on any atom is -0.388 e. The van der Waals surface area contributed by atoms with Crippen LogP contribution in [-0.2, 0) is 0 Å². The van der Waals surface area contributed by atoms with E-state index < -0.39 is 5.60 Å². The van der Waals surface area contributed by atoms with Gasteiger partial charge >= 0.3 is 0 Å². The fourth-order valence-corrected chi connectivity index (χ4v) is 2.72. The van der Waals surface area contributed by atoms with Gasteiger partial charge in [0.05, 0.1) is 11.2 Å². The molecule has 1 amide bonds. The molecule has 0 unspecified atom stereocenters. The number of amides is 1. The van der Waals surface area contributed by atoms with Gasteiger partial charge in [0.15, 0.2) is 0 Å². The molecule has 1 heterocycles. The van der Waals surface area contributed by atoms with Crippen molar-refractivity contribution in [2.75, 3.05) is 6.54 Å². The standard InChI is InChI=1S/C15H22N2O3/c1-11-8-13(18)16-9-12(11)14(19)17-10-15(20)6-4-2-3-5-7-15/h8-9,20H,2-7,10H2,1H3,(H,16,18)(H,17,19). The first-order valence-corrected chi connectivity index (χ1v) is 7.20. The lowest BCUT2D eigenvalue weighted by atomic mass is 9.94. The molecule has 0 saturated heterocycles. The number of carbonyl (C=O) groups is 1. The third-order valence-electron chi connectivity index (χ3n) is 3.99. The zero-order chi connectivity index (χ0) is 14.6. The topological polar surface area (TPSA) is 82.2 Å². The summed E-state index contributed by atoms with van der Waals surface area (Å²) in [6.45, 7) is 1.99. The van der Waals surface area contributed by atoms with Crippen molar-refractivity contribution < 1.29 is 9.90 Å². The summed E-state index contributed by atoms with van der Waals surface area (Å²) in [6.07, 6.45) is 7.19. The predicted molar refractivity (Wildman–Crippen MR) is 76.8 cm³/mol. The summed E-state index contributed by atoms with van der Waals surface area (Å²) in [4.78, 5) is 25.7. The van der Waals surface area contributed by atoms with Crippen molar-refractivity contribution in [2.45, 2.75) is 51.0 Å². The van der Waals surface area contributed by atoms with E-state index in [0.29, 0.717) is 11.1 Å². The number of nitrogens with one attached hydrogen (secondary N) is 2. The van der Waals surface area contributed by atoms with Gasteiger partial charge in [-0.3, -0.25) is 9.59 Å². The van der Waals surface area contributed by atoms with E-state index in [0.717, 1.165) is 38.5 Å². The van der Waals surface area contributed by atoms with Gasteiger partial charge in [-0.1, -0.05) is 25.7 Å². The molecule has 1 aliphatic rings. The van der Waals surface area contributed by atoms with E-state index in [9.17, 15) is 14.7 Å². The molecule has 2 rings (SSSR count). The molecule has 20 heavy (non-hydrogen) atoms. The van der Waals surface area contributed by atoms with Crippen LogP contribution in [0.3, 0.4) is 0 Å². The first-order chi connectivity index (χ1) is 9.50. The zero-order valence-corrected chi connectivity index (χ0v) is 11.9. The number of pyridine rings is 1. The maximum absolute atomic E-state index is 12.1. The van der Waals surface area contributed by atoms with Crippen LogP contribution in [0.2, 0.25) is 0 Å². The number of carbonyl (C=O) groups excluding carboxylic acids is 1. The summed E-state index contributed by atoms with van der Waals surface area (Å²) in [6, 6.07) is 1.40. The van der Waals surface area contributed by atoms with E-state index in [2.05, 4.69) is 10.3 Å². The van der Waals surface area contributed by atoms with Gasteiger partial charge in [-0.05, 0) is 25.3 Å². The molecule has 1 aliphatic carbocycles. The van der Waals surface area contributed by atoms with Crippen LogP contribution in [0.15, 0.2) is 17.1 Å². The van der Waals surface area contributed by atoms with E-state index in [-0.39, 0.29) is 18.0 Å². The molecule has 0 aromatic carbocycles. The Bertz CT molecular complexity index is 528. The molecule has 5 nitrogen and oxygen atoms in total. The SMILES string of the molecule is Cc1cc(=O)[nH]cc1C(=O)NCC1(O)CCCCCC1. The molecule has 0 atom stereocenters. The van der Waals surface area contributed by atoms with E-state index >= 15 is 0 Å². The Labute approximate surface area is 118 Å². The lowest BCUT2D eigenvalue weighted by Gasteiger charge is -2.26. The zero-order valence-electron chi connectivity index (χ0n) is 11.9. The lowest BCUT2D eigenvalue weighted by molar-refractivity contribution is 0.0246. The van der Waals surface area contributed by atoms with Gasteiger partial charge in [0.2, 0.25) is 5.56 Å². The molecule has 110 valence electrons. The molecule has 0 aliphatic heterocycles. The normalized spacial score (nSPS) is 18.3. The Balaban J connectivity index is 1.99. The highest BCUT2D eigenvalue weighted by molar-refractivity contribution is 5.95. The van der Waals surface area contributed by atoms with Crippen LogP contribution in [0.1, 0.15) is 54.4 Å². The van der Waals surface area contributed by atoms with Crippen LogP contribution in [0.4, 0.5) is 0 Å². The number of aryl methyl sites for hydroxylation is 1. The van der Waals surface area contributed by atoms with Gasteiger partial charge in [-0.15, -0.1) is 0 Å². The Morgan fingerprint density at radius 1 is 1.35 bits per heavy atom. The molecular weight excluding hydrogens is 256 g/mol. The van der Waals surface area contributed by atoms with Crippen molar-refractivity contribution in [3.8, 4) is 0 Å². The fourth-order valence-electron chi connectivity index (χ4n) is 2.72. The smallest absolute Gasteiger partial charge is 0.253 e. The molecule has 0 radical (unpaired) electrons. The molecule has 0 bridgehead atoms. The van der Waals surface area contributed by atoms with E-state index in [1.807, 2.05) is 0 Å². The molecule has 1 aromatic rings. The number of hydrogen-bond acceptors (Lipinski definition) is 3. The Morgan fingerprint density at radius 3 is 2.60 bits per heavy atom. The van der Waals surface area contributed by atoms with E-state index in [1.165, 1.54) is 12.3 Å². The van der Waals surface area contributed by atoms with Crippen molar-refractivity contribution >= 4 is 5.91 Å². The summed E-state index contributed by atoms with van der Waals surface area (Å²) in [7, 11) is 0. The third-order valence-corrected chi connectivity index (χ3v) is 3.99. The highest BCUT2D eigenvalue weighted by Crippen LogP contribution is 2.26. The summed E-state index contributed by atoms with van der Waals surface area (Å²) in [5.74, 6) is -0.253. The molecular formula is C15H22N2O3. The first kappa shape index (κ1) is 14.8. The number of rotatable bonds is 3. The van der Waals surface area contributed by atoms with Gasteiger partial charge in [-0.25, -0.2) is 0 Å². The lowest BCUT2D eigenvalue weighted by Crippen LogP contribution is -2.42. The number of aliphatic hydroxyl groups is 1. The summed E-state index contributed by atoms with van der Waals surface area (Å²) >= 11 is 0. The molecule has 1 saturated carbocycles. The average molecular weight is 278 g/mol. The fraction of sp³-hybridized carbons (Fsp3) is 0.600. The Morgan fingerprint density at radius 2 is 2.00 bits per heavy atom. The maximum atomic E-state index is 12.1. The number of aromatic amines is 1. The first-order valence-electron chi connectivity index (χ1n) is 7.20. The van der Waals surface area contributed by atoms with Gasteiger partial charge in [0.1, 0.15) is 0 Å². The van der Waals surface area contributed by atoms with Crippen LogP contribution in [0, 0.1) is 6.92 Å². The summed E-state index contributed by atoms with van der Waals surface area (Å²) in [5.41, 5.74) is 0.0739. The molecule has 3 N–H and O–H groups in total. The number of hydrogen-bond donors (Lipinski definition) is 3. The van der Waals surface area contributed by atoms with E-state index in [4.69, 9.17) is 0 Å². The van der Waals surface area contributed by atoms with Gasteiger partial charge in [0, 0.05) is 18.8 Å². The highest BCUT2D eigenvalue weighted by atomic mass is 16.3. The van der Waals surface area contributed by atoms with Crippen molar-refractivity contribution in [3.05, 3.63) is 33.7 Å². The highest BCUT2D eigenvalue weighted by Gasteiger charge is 2.28.